The first kappa shape index (κ1) is 17.0. The summed E-state index contributed by atoms with van der Waals surface area (Å²) in [6.07, 6.45) is 0.635. The Morgan fingerprint density at radius 3 is 3.21 bits per heavy atom. The second kappa shape index (κ2) is 7.85. The molecular formula is C16H19N3O3S2. The lowest BCUT2D eigenvalue weighted by atomic mass is 10.1. The van der Waals surface area contributed by atoms with Crippen molar-refractivity contribution in [2.75, 3.05) is 18.8 Å². The maximum absolute atomic E-state index is 12.4. The third-order valence-corrected chi connectivity index (χ3v) is 5.67. The minimum atomic E-state index is -0.343. The van der Waals surface area contributed by atoms with E-state index in [4.69, 9.17) is 4.52 Å². The van der Waals surface area contributed by atoms with Gasteiger partial charge in [0.15, 0.2) is 5.76 Å². The van der Waals surface area contributed by atoms with Gasteiger partial charge in [0, 0.05) is 24.9 Å². The van der Waals surface area contributed by atoms with E-state index in [-0.39, 0.29) is 17.9 Å². The molecule has 0 bridgehead atoms. The molecule has 1 aliphatic rings. The number of piperazine rings is 1. The number of hydrogen-bond donors (Lipinski definition) is 1. The number of carbonyl (C=O) groups is 2. The van der Waals surface area contributed by atoms with Crippen LogP contribution in [0.3, 0.4) is 0 Å². The maximum Gasteiger partial charge on any atom is 0.242 e. The fraction of sp³-hybridized carbons (Fsp3) is 0.438. The van der Waals surface area contributed by atoms with E-state index in [0.717, 1.165) is 16.3 Å². The molecule has 0 saturated carbocycles. The molecule has 1 unspecified atom stereocenters. The molecule has 2 aromatic heterocycles. The summed E-state index contributed by atoms with van der Waals surface area (Å²) in [6, 6.07) is 5.52. The second-order valence-corrected chi connectivity index (χ2v) is 7.39. The highest BCUT2D eigenvalue weighted by atomic mass is 32.2. The van der Waals surface area contributed by atoms with Gasteiger partial charge in [0.2, 0.25) is 11.8 Å². The molecule has 0 aliphatic carbocycles. The van der Waals surface area contributed by atoms with Gasteiger partial charge in [-0.1, -0.05) is 18.1 Å². The number of thioether (sulfide) groups is 1. The van der Waals surface area contributed by atoms with Gasteiger partial charge in [-0.2, -0.15) is 0 Å². The molecule has 128 valence electrons. The Hall–Kier alpha value is -1.80. The van der Waals surface area contributed by atoms with E-state index in [2.05, 4.69) is 10.5 Å². The van der Waals surface area contributed by atoms with E-state index in [9.17, 15) is 9.59 Å². The second-order valence-electron chi connectivity index (χ2n) is 5.45. The Balaban J connectivity index is 1.51. The lowest BCUT2D eigenvalue weighted by Crippen LogP contribution is -2.57. The van der Waals surface area contributed by atoms with Crippen LogP contribution in [0.5, 0.6) is 0 Å². The number of amides is 2. The van der Waals surface area contributed by atoms with E-state index in [1.807, 2.05) is 30.5 Å². The van der Waals surface area contributed by atoms with Crippen LogP contribution in [-0.4, -0.2) is 46.8 Å². The third kappa shape index (κ3) is 3.81. The van der Waals surface area contributed by atoms with Crippen LogP contribution in [0.4, 0.5) is 0 Å². The summed E-state index contributed by atoms with van der Waals surface area (Å²) in [6.45, 7) is 3.03. The molecule has 0 aromatic carbocycles. The largest absolute Gasteiger partial charge is 0.355 e. The normalized spacial score (nSPS) is 17.8. The van der Waals surface area contributed by atoms with Gasteiger partial charge in [-0.15, -0.1) is 23.1 Å². The zero-order valence-corrected chi connectivity index (χ0v) is 15.0. The van der Waals surface area contributed by atoms with E-state index in [1.54, 1.807) is 16.2 Å². The summed E-state index contributed by atoms with van der Waals surface area (Å²) < 4.78 is 5.33. The molecule has 0 spiro atoms. The third-order valence-electron chi connectivity index (χ3n) is 3.84. The number of nitrogens with one attached hydrogen (secondary N) is 1. The number of thiophene rings is 1. The number of rotatable bonds is 6. The van der Waals surface area contributed by atoms with Crippen LogP contribution >= 0.6 is 23.1 Å². The lowest BCUT2D eigenvalue weighted by molar-refractivity contribution is -0.141. The van der Waals surface area contributed by atoms with Crippen molar-refractivity contribution in [1.29, 1.82) is 0 Å². The van der Waals surface area contributed by atoms with Crippen molar-refractivity contribution < 1.29 is 14.1 Å². The first-order chi connectivity index (χ1) is 11.7. The predicted octanol–water partition coefficient (Wildman–Crippen LogP) is 2.37. The Morgan fingerprint density at radius 1 is 1.58 bits per heavy atom. The molecule has 2 amide bonds. The van der Waals surface area contributed by atoms with Gasteiger partial charge in [-0.25, -0.2) is 0 Å². The van der Waals surface area contributed by atoms with Gasteiger partial charge in [-0.05, 0) is 17.9 Å². The molecule has 1 saturated heterocycles. The highest BCUT2D eigenvalue weighted by molar-refractivity contribution is 7.99. The zero-order chi connectivity index (χ0) is 16.9. The predicted molar refractivity (Wildman–Crippen MR) is 94.8 cm³/mol. The quantitative estimate of drug-likeness (QED) is 0.851. The Kier molecular flexibility index (Phi) is 5.57. The maximum atomic E-state index is 12.4. The number of hydrogen-bond acceptors (Lipinski definition) is 6. The first-order valence-corrected chi connectivity index (χ1v) is 9.87. The van der Waals surface area contributed by atoms with Crippen molar-refractivity contribution in [2.24, 2.45) is 0 Å². The van der Waals surface area contributed by atoms with E-state index in [1.165, 1.54) is 11.8 Å². The van der Waals surface area contributed by atoms with Crippen molar-refractivity contribution in [2.45, 2.75) is 25.1 Å². The molecule has 8 heteroatoms. The summed E-state index contributed by atoms with van der Waals surface area (Å²) >= 11 is 3.09. The van der Waals surface area contributed by atoms with Crippen LogP contribution in [0.1, 0.15) is 19.0 Å². The van der Waals surface area contributed by atoms with Crippen LogP contribution in [0, 0.1) is 0 Å². The number of aromatic nitrogens is 1. The molecule has 1 fully saturated rings. The number of nitrogens with zero attached hydrogens (tertiary/aromatic N) is 2. The average molecular weight is 365 g/mol. The van der Waals surface area contributed by atoms with Gasteiger partial charge >= 0.3 is 0 Å². The van der Waals surface area contributed by atoms with Crippen molar-refractivity contribution in [3.63, 3.8) is 0 Å². The molecule has 6 nitrogen and oxygen atoms in total. The summed E-state index contributed by atoms with van der Waals surface area (Å²) in [7, 11) is 0. The zero-order valence-electron chi connectivity index (χ0n) is 13.4. The molecule has 2 aromatic rings. The smallest absolute Gasteiger partial charge is 0.242 e. The molecule has 3 heterocycles. The van der Waals surface area contributed by atoms with Crippen LogP contribution in [0.2, 0.25) is 0 Å². The van der Waals surface area contributed by atoms with Gasteiger partial charge in [0.25, 0.3) is 0 Å². The molecule has 1 atom stereocenters. The van der Waals surface area contributed by atoms with Gasteiger partial charge < -0.3 is 14.7 Å². The standard InChI is InChI=1S/C16H19N3O3S2/c1-2-12-16(21)17-5-6-19(12)15(20)10-23-9-11-8-13(22-18-11)14-4-3-7-24-14/h3-4,7-8,12H,2,5-6,9-10H2,1H3,(H,17,21). The van der Waals surface area contributed by atoms with Crippen LogP contribution < -0.4 is 5.32 Å². The lowest BCUT2D eigenvalue weighted by Gasteiger charge is -2.34. The van der Waals surface area contributed by atoms with Crippen molar-refractivity contribution >= 4 is 34.9 Å². The molecule has 0 radical (unpaired) electrons. The molecular weight excluding hydrogens is 346 g/mol. The van der Waals surface area contributed by atoms with E-state index >= 15 is 0 Å². The summed E-state index contributed by atoms with van der Waals surface area (Å²) in [4.78, 5) is 26.9. The Labute approximate surface area is 148 Å². The molecule has 24 heavy (non-hydrogen) atoms. The fourth-order valence-electron chi connectivity index (χ4n) is 2.66. The summed E-state index contributed by atoms with van der Waals surface area (Å²) in [5.41, 5.74) is 0.819. The number of carbonyl (C=O) groups excluding carboxylic acids is 2. The van der Waals surface area contributed by atoms with Crippen molar-refractivity contribution in [3.8, 4) is 10.6 Å². The first-order valence-electron chi connectivity index (χ1n) is 7.83. The van der Waals surface area contributed by atoms with Crippen LogP contribution in [0.15, 0.2) is 28.1 Å². The minimum Gasteiger partial charge on any atom is -0.355 e. The molecule has 3 rings (SSSR count). The van der Waals surface area contributed by atoms with E-state index < -0.39 is 0 Å². The summed E-state index contributed by atoms with van der Waals surface area (Å²) in [5.74, 6) is 1.65. The minimum absolute atomic E-state index is 0.00340. The van der Waals surface area contributed by atoms with Gasteiger partial charge in [-0.3, -0.25) is 9.59 Å². The van der Waals surface area contributed by atoms with E-state index in [0.29, 0.717) is 31.0 Å². The molecule has 1 aliphatic heterocycles. The topological polar surface area (TPSA) is 75.4 Å². The Morgan fingerprint density at radius 2 is 2.46 bits per heavy atom. The fourth-order valence-corrected chi connectivity index (χ4v) is 4.12. The van der Waals surface area contributed by atoms with Crippen LogP contribution in [-0.2, 0) is 15.3 Å². The van der Waals surface area contributed by atoms with Crippen LogP contribution in [0.25, 0.3) is 10.6 Å². The SMILES string of the molecule is CCC1C(=O)NCCN1C(=O)CSCc1cc(-c2cccs2)on1. The average Bonchev–Trinajstić information content (AvgIpc) is 3.25. The highest BCUT2D eigenvalue weighted by Crippen LogP contribution is 2.26. The molecule has 1 N–H and O–H groups in total. The van der Waals surface area contributed by atoms with Gasteiger partial charge in [0.1, 0.15) is 6.04 Å². The van der Waals surface area contributed by atoms with Crippen molar-refractivity contribution in [1.82, 2.24) is 15.4 Å². The van der Waals surface area contributed by atoms with Crippen molar-refractivity contribution in [3.05, 3.63) is 29.3 Å². The highest BCUT2D eigenvalue weighted by Gasteiger charge is 2.31. The Bertz CT molecular complexity index is 699. The monoisotopic (exact) mass is 365 g/mol. The summed E-state index contributed by atoms with van der Waals surface area (Å²) in [5, 5.41) is 8.84. The van der Waals surface area contributed by atoms with Gasteiger partial charge in [0.05, 0.1) is 16.3 Å².